The van der Waals surface area contributed by atoms with Crippen molar-refractivity contribution < 1.29 is 9.90 Å². The Morgan fingerprint density at radius 1 is 1.29 bits per heavy atom. The minimum atomic E-state index is -1.02. The lowest BCUT2D eigenvalue weighted by atomic mass is 9.80. The van der Waals surface area contributed by atoms with Gasteiger partial charge in [0.25, 0.3) is 0 Å². The van der Waals surface area contributed by atoms with Gasteiger partial charge >= 0.3 is 5.97 Å². The normalized spacial score (nSPS) is 18.6. The number of anilines is 1. The van der Waals surface area contributed by atoms with Crippen LogP contribution in [0.25, 0.3) is 17.8 Å². The molecule has 4 rings (SSSR count). The maximum absolute atomic E-state index is 11.6. The van der Waals surface area contributed by atoms with E-state index in [1.807, 2.05) is 6.08 Å². The van der Waals surface area contributed by atoms with E-state index >= 15 is 0 Å². The topological polar surface area (TPSA) is 70.7 Å². The van der Waals surface area contributed by atoms with Gasteiger partial charge in [-0.15, -0.1) is 0 Å². The molecule has 144 valence electrons. The Hall–Kier alpha value is -3.15. The molecule has 0 saturated heterocycles. The van der Waals surface area contributed by atoms with Crippen molar-refractivity contribution in [1.29, 1.82) is 0 Å². The molecule has 0 fully saturated rings. The van der Waals surface area contributed by atoms with Crippen molar-refractivity contribution in [2.75, 3.05) is 11.9 Å². The summed E-state index contributed by atoms with van der Waals surface area (Å²) in [6.07, 6.45) is 7.82. The number of aromatic carboxylic acids is 1. The predicted octanol–water partition coefficient (Wildman–Crippen LogP) is 4.32. The Kier molecular flexibility index (Phi) is 4.22. The summed E-state index contributed by atoms with van der Waals surface area (Å²) in [6.45, 7) is 6.80. The summed E-state index contributed by atoms with van der Waals surface area (Å²) >= 11 is 0. The molecule has 6 heteroatoms. The Morgan fingerprint density at radius 2 is 2.07 bits per heavy atom. The van der Waals surface area contributed by atoms with E-state index < -0.39 is 5.97 Å². The summed E-state index contributed by atoms with van der Waals surface area (Å²) in [5.74, 6) is -0.560. The summed E-state index contributed by atoms with van der Waals surface area (Å²) in [7, 11) is 2.14. The van der Waals surface area contributed by atoms with Gasteiger partial charge in [-0.3, -0.25) is 0 Å². The Bertz CT molecular complexity index is 1100. The molecule has 28 heavy (non-hydrogen) atoms. The van der Waals surface area contributed by atoms with E-state index in [0.29, 0.717) is 17.3 Å². The van der Waals surface area contributed by atoms with Crippen LogP contribution in [0.1, 0.15) is 60.3 Å². The molecule has 1 unspecified atom stereocenters. The molecule has 0 aliphatic carbocycles. The number of rotatable bonds is 3. The van der Waals surface area contributed by atoms with E-state index in [9.17, 15) is 9.90 Å². The first kappa shape index (κ1) is 18.2. The van der Waals surface area contributed by atoms with Crippen molar-refractivity contribution in [2.45, 2.75) is 38.6 Å². The van der Waals surface area contributed by atoms with Gasteiger partial charge in [0.1, 0.15) is 5.56 Å². The predicted molar refractivity (Wildman–Crippen MR) is 111 cm³/mol. The molecule has 6 nitrogen and oxygen atoms in total. The second-order valence-corrected chi connectivity index (χ2v) is 8.09. The highest BCUT2D eigenvalue weighted by molar-refractivity contribution is 5.92. The zero-order chi connectivity index (χ0) is 20.1. The minimum absolute atomic E-state index is 0.125. The summed E-state index contributed by atoms with van der Waals surface area (Å²) in [6, 6.07) is 8.17. The standard InChI is InChI=1S/C22H24N4O2/c1-14-12-22(2,3)25(4)18-7-5-15(11-16(14)18)6-8-19-17(21(27)28)13-23-20-9-10-24-26(19)20/h5-11,13-14H,12H2,1-4H3,(H,27,28)/b8-6+. The maximum Gasteiger partial charge on any atom is 0.339 e. The van der Waals surface area contributed by atoms with Gasteiger partial charge in [0.2, 0.25) is 0 Å². The highest BCUT2D eigenvalue weighted by Gasteiger charge is 2.33. The van der Waals surface area contributed by atoms with E-state index in [4.69, 9.17) is 0 Å². The lowest BCUT2D eigenvalue weighted by Gasteiger charge is -2.45. The van der Waals surface area contributed by atoms with Gasteiger partial charge in [0.15, 0.2) is 5.65 Å². The molecule has 0 spiro atoms. The number of nitrogens with zero attached hydrogens (tertiary/aromatic N) is 4. The van der Waals surface area contributed by atoms with E-state index in [1.54, 1.807) is 22.9 Å². The van der Waals surface area contributed by atoms with Gasteiger partial charge in [0.05, 0.1) is 11.9 Å². The largest absolute Gasteiger partial charge is 0.478 e. The zero-order valence-corrected chi connectivity index (χ0v) is 16.5. The van der Waals surface area contributed by atoms with Gasteiger partial charge in [0, 0.05) is 30.5 Å². The summed E-state index contributed by atoms with van der Waals surface area (Å²) in [5, 5.41) is 13.7. The third-order valence-electron chi connectivity index (χ3n) is 5.77. The molecule has 1 atom stereocenters. The van der Waals surface area contributed by atoms with Crippen LogP contribution >= 0.6 is 0 Å². The van der Waals surface area contributed by atoms with E-state index in [-0.39, 0.29) is 11.1 Å². The Labute approximate surface area is 164 Å². The number of carboxylic acids is 1. The first-order chi connectivity index (χ1) is 13.3. The van der Waals surface area contributed by atoms with Crippen molar-refractivity contribution in [1.82, 2.24) is 14.6 Å². The van der Waals surface area contributed by atoms with E-state index in [2.05, 4.69) is 61.0 Å². The summed E-state index contributed by atoms with van der Waals surface area (Å²) in [4.78, 5) is 18.1. The van der Waals surface area contributed by atoms with Gasteiger partial charge in [-0.2, -0.15) is 5.10 Å². The fourth-order valence-corrected chi connectivity index (χ4v) is 4.09. The molecule has 1 aliphatic heterocycles. The van der Waals surface area contributed by atoms with Crippen LogP contribution in [0.5, 0.6) is 0 Å². The first-order valence-corrected chi connectivity index (χ1v) is 9.40. The van der Waals surface area contributed by atoms with Crippen molar-refractivity contribution in [3.8, 4) is 0 Å². The smallest absolute Gasteiger partial charge is 0.339 e. The molecule has 3 aromatic rings. The van der Waals surface area contributed by atoms with Crippen LogP contribution in [0, 0.1) is 0 Å². The van der Waals surface area contributed by atoms with Gasteiger partial charge in [-0.1, -0.05) is 19.1 Å². The van der Waals surface area contributed by atoms with Crippen LogP contribution < -0.4 is 4.90 Å². The average Bonchev–Trinajstić information content (AvgIpc) is 3.12. The third kappa shape index (κ3) is 2.95. The zero-order valence-electron chi connectivity index (χ0n) is 16.5. The second-order valence-electron chi connectivity index (χ2n) is 8.09. The fourth-order valence-electron chi connectivity index (χ4n) is 4.09. The number of carbonyl (C=O) groups is 1. The van der Waals surface area contributed by atoms with Crippen molar-refractivity contribution in [3.63, 3.8) is 0 Å². The molecular weight excluding hydrogens is 352 g/mol. The molecule has 3 heterocycles. The lowest BCUT2D eigenvalue weighted by Crippen LogP contribution is -2.45. The van der Waals surface area contributed by atoms with Crippen LogP contribution in [-0.4, -0.2) is 38.3 Å². The van der Waals surface area contributed by atoms with Crippen LogP contribution in [0.4, 0.5) is 5.69 Å². The molecule has 1 aromatic carbocycles. The molecule has 2 aromatic heterocycles. The monoisotopic (exact) mass is 376 g/mol. The van der Waals surface area contributed by atoms with Crippen LogP contribution in [0.3, 0.4) is 0 Å². The van der Waals surface area contributed by atoms with Crippen LogP contribution in [-0.2, 0) is 0 Å². The SMILES string of the molecule is CC1CC(C)(C)N(C)c2ccc(/C=C/c3c(C(=O)O)cnc4ccnn34)cc21. The number of fused-ring (bicyclic) bond motifs is 2. The Morgan fingerprint density at radius 3 is 2.82 bits per heavy atom. The fraction of sp³-hybridized carbons (Fsp3) is 0.318. The number of hydrogen-bond donors (Lipinski definition) is 1. The minimum Gasteiger partial charge on any atom is -0.478 e. The van der Waals surface area contributed by atoms with Gasteiger partial charge in [-0.25, -0.2) is 14.3 Å². The number of aromatic nitrogens is 3. The van der Waals surface area contributed by atoms with Gasteiger partial charge in [-0.05, 0) is 55.5 Å². The van der Waals surface area contributed by atoms with Crippen LogP contribution in [0.2, 0.25) is 0 Å². The highest BCUT2D eigenvalue weighted by atomic mass is 16.4. The molecular formula is C22H24N4O2. The van der Waals surface area contributed by atoms with E-state index in [1.165, 1.54) is 17.4 Å². The number of benzene rings is 1. The highest BCUT2D eigenvalue weighted by Crippen LogP contribution is 2.42. The molecule has 0 bridgehead atoms. The summed E-state index contributed by atoms with van der Waals surface area (Å²) < 4.78 is 1.55. The van der Waals surface area contributed by atoms with Crippen LogP contribution in [0.15, 0.2) is 36.7 Å². The second kappa shape index (κ2) is 6.48. The number of carboxylic acid groups (broad SMARTS) is 1. The molecule has 0 saturated carbocycles. The number of hydrogen-bond acceptors (Lipinski definition) is 4. The molecule has 0 amide bonds. The maximum atomic E-state index is 11.6. The van der Waals surface area contributed by atoms with Crippen molar-refractivity contribution >= 4 is 29.5 Å². The first-order valence-electron chi connectivity index (χ1n) is 9.40. The third-order valence-corrected chi connectivity index (χ3v) is 5.77. The molecule has 1 N–H and O–H groups in total. The van der Waals surface area contributed by atoms with Gasteiger partial charge < -0.3 is 10.0 Å². The molecule has 0 radical (unpaired) electrons. The summed E-state index contributed by atoms with van der Waals surface area (Å²) in [5.41, 5.74) is 4.99. The average molecular weight is 376 g/mol. The van der Waals surface area contributed by atoms with Crippen molar-refractivity contribution in [2.24, 2.45) is 0 Å². The quantitative estimate of drug-likeness (QED) is 0.737. The van der Waals surface area contributed by atoms with E-state index in [0.717, 1.165) is 12.0 Å². The lowest BCUT2D eigenvalue weighted by molar-refractivity contribution is 0.0695. The molecule has 1 aliphatic rings. The van der Waals surface area contributed by atoms with Crippen molar-refractivity contribution in [3.05, 3.63) is 59.0 Å². The Balaban J connectivity index is 1.75.